The van der Waals surface area contributed by atoms with E-state index in [0.29, 0.717) is 0 Å². The summed E-state index contributed by atoms with van der Waals surface area (Å²) in [4.78, 5) is 0. The molecule has 0 saturated heterocycles. The molecule has 0 spiro atoms. The molecule has 0 aromatic rings. The van der Waals surface area contributed by atoms with E-state index in [1.165, 1.54) is 19.3 Å². The maximum Gasteiger partial charge on any atom is 0.00961 e. The molecule has 1 N–H and O–H groups in total. The summed E-state index contributed by atoms with van der Waals surface area (Å²) in [6, 6.07) is 0.870. The highest BCUT2D eigenvalue weighted by Gasteiger charge is 2.33. The Morgan fingerprint density at radius 1 is 1.62 bits per heavy atom. The van der Waals surface area contributed by atoms with E-state index in [0.717, 1.165) is 12.0 Å². The lowest BCUT2D eigenvalue weighted by molar-refractivity contribution is 0.642. The van der Waals surface area contributed by atoms with Crippen molar-refractivity contribution in [3.8, 4) is 0 Å². The van der Waals surface area contributed by atoms with Crippen molar-refractivity contribution in [2.45, 2.75) is 32.2 Å². The summed E-state index contributed by atoms with van der Waals surface area (Å²) in [5.41, 5.74) is 0. The first-order valence-electron chi connectivity index (χ1n) is 3.55. The van der Waals surface area contributed by atoms with E-state index in [-0.39, 0.29) is 0 Å². The van der Waals surface area contributed by atoms with E-state index in [1.54, 1.807) is 0 Å². The standard InChI is InChI=1S/C7H15N/c1-3-4-6-5-7(6)8-2/h6-8H,3-5H2,1-2H3/t6-,7+/m0/s1. The average molecular weight is 113 g/mol. The van der Waals surface area contributed by atoms with Gasteiger partial charge in [-0.2, -0.15) is 0 Å². The van der Waals surface area contributed by atoms with Crippen molar-refractivity contribution in [3.05, 3.63) is 0 Å². The Morgan fingerprint density at radius 2 is 2.38 bits per heavy atom. The van der Waals surface area contributed by atoms with Gasteiger partial charge in [-0.15, -0.1) is 0 Å². The zero-order chi connectivity index (χ0) is 5.98. The normalized spacial score (nSPS) is 35.2. The molecule has 0 unspecified atom stereocenters. The van der Waals surface area contributed by atoms with E-state index in [2.05, 4.69) is 19.3 Å². The van der Waals surface area contributed by atoms with Crippen molar-refractivity contribution >= 4 is 0 Å². The smallest absolute Gasteiger partial charge is 0.00961 e. The van der Waals surface area contributed by atoms with Crippen LogP contribution >= 0.6 is 0 Å². The second-order valence-corrected chi connectivity index (χ2v) is 2.68. The zero-order valence-corrected chi connectivity index (χ0v) is 5.78. The van der Waals surface area contributed by atoms with E-state index in [9.17, 15) is 0 Å². The third-order valence-corrected chi connectivity index (χ3v) is 1.95. The van der Waals surface area contributed by atoms with Gasteiger partial charge in [-0.05, 0) is 25.8 Å². The summed E-state index contributed by atoms with van der Waals surface area (Å²) < 4.78 is 0. The molecule has 0 amide bonds. The van der Waals surface area contributed by atoms with Crippen LogP contribution in [-0.2, 0) is 0 Å². The first-order chi connectivity index (χ1) is 3.88. The molecule has 0 radical (unpaired) electrons. The Kier molecular flexibility index (Phi) is 1.90. The summed E-state index contributed by atoms with van der Waals surface area (Å²) in [5, 5.41) is 3.27. The summed E-state index contributed by atoms with van der Waals surface area (Å²) in [5.74, 6) is 1.02. The summed E-state index contributed by atoms with van der Waals surface area (Å²) in [6.45, 7) is 2.26. The third-order valence-electron chi connectivity index (χ3n) is 1.95. The molecule has 1 nitrogen and oxygen atoms in total. The lowest BCUT2D eigenvalue weighted by Gasteiger charge is -1.92. The minimum Gasteiger partial charge on any atom is -0.317 e. The molecule has 0 bridgehead atoms. The lowest BCUT2D eigenvalue weighted by Crippen LogP contribution is -2.10. The Bertz CT molecular complexity index is 70.8. The molecule has 1 heteroatoms. The van der Waals surface area contributed by atoms with Crippen LogP contribution in [0.15, 0.2) is 0 Å². The molecule has 1 aliphatic rings. The Labute approximate surface area is 51.5 Å². The van der Waals surface area contributed by atoms with Crippen molar-refractivity contribution in [1.29, 1.82) is 0 Å². The average Bonchev–Trinajstić information content (AvgIpc) is 2.48. The molecule has 0 aliphatic heterocycles. The van der Waals surface area contributed by atoms with E-state index in [4.69, 9.17) is 0 Å². The van der Waals surface area contributed by atoms with Crippen molar-refractivity contribution < 1.29 is 0 Å². The van der Waals surface area contributed by atoms with Gasteiger partial charge < -0.3 is 5.32 Å². The highest BCUT2D eigenvalue weighted by molar-refractivity contribution is 4.91. The third kappa shape index (κ3) is 1.22. The summed E-state index contributed by atoms with van der Waals surface area (Å²) >= 11 is 0. The molecule has 1 fully saturated rings. The van der Waals surface area contributed by atoms with Crippen molar-refractivity contribution in [3.63, 3.8) is 0 Å². The molecule has 0 aromatic carbocycles. The molecule has 8 heavy (non-hydrogen) atoms. The second kappa shape index (κ2) is 2.49. The second-order valence-electron chi connectivity index (χ2n) is 2.68. The van der Waals surface area contributed by atoms with Crippen LogP contribution in [0.2, 0.25) is 0 Å². The number of hydrogen-bond donors (Lipinski definition) is 1. The van der Waals surface area contributed by atoms with E-state index in [1.807, 2.05) is 0 Å². The molecule has 1 saturated carbocycles. The van der Waals surface area contributed by atoms with Gasteiger partial charge in [-0.25, -0.2) is 0 Å². The molecule has 0 heterocycles. The van der Waals surface area contributed by atoms with Crippen LogP contribution < -0.4 is 5.32 Å². The van der Waals surface area contributed by atoms with Gasteiger partial charge in [0.25, 0.3) is 0 Å². The Morgan fingerprint density at radius 3 is 2.75 bits per heavy atom. The number of hydrogen-bond acceptors (Lipinski definition) is 1. The van der Waals surface area contributed by atoms with E-state index >= 15 is 0 Å². The van der Waals surface area contributed by atoms with Crippen LogP contribution in [-0.4, -0.2) is 13.1 Å². The minimum atomic E-state index is 0.870. The highest BCUT2D eigenvalue weighted by Crippen LogP contribution is 2.33. The van der Waals surface area contributed by atoms with E-state index < -0.39 is 0 Å². The topological polar surface area (TPSA) is 12.0 Å². The minimum absolute atomic E-state index is 0.870. The molecule has 2 atom stereocenters. The molecule has 1 aliphatic carbocycles. The first-order valence-corrected chi connectivity index (χ1v) is 3.55. The van der Waals surface area contributed by atoms with Gasteiger partial charge in [0.05, 0.1) is 0 Å². The van der Waals surface area contributed by atoms with Crippen molar-refractivity contribution in [2.24, 2.45) is 5.92 Å². The predicted octanol–water partition coefficient (Wildman–Crippen LogP) is 1.39. The maximum atomic E-state index is 3.27. The van der Waals surface area contributed by atoms with Crippen LogP contribution in [0.3, 0.4) is 0 Å². The van der Waals surface area contributed by atoms with Crippen molar-refractivity contribution in [1.82, 2.24) is 5.32 Å². The fraction of sp³-hybridized carbons (Fsp3) is 1.00. The van der Waals surface area contributed by atoms with Crippen LogP contribution in [0.1, 0.15) is 26.2 Å². The summed E-state index contributed by atoms with van der Waals surface area (Å²) in [7, 11) is 2.06. The van der Waals surface area contributed by atoms with Crippen LogP contribution in [0.4, 0.5) is 0 Å². The monoisotopic (exact) mass is 113 g/mol. The lowest BCUT2D eigenvalue weighted by atomic mass is 10.2. The number of nitrogens with one attached hydrogen (secondary N) is 1. The van der Waals surface area contributed by atoms with Crippen LogP contribution in [0.25, 0.3) is 0 Å². The Balaban J connectivity index is 1.99. The van der Waals surface area contributed by atoms with Crippen LogP contribution in [0.5, 0.6) is 0 Å². The first kappa shape index (κ1) is 6.09. The SMILES string of the molecule is CCC[C@H]1C[C@H]1NC. The Hall–Kier alpha value is -0.0400. The summed E-state index contributed by atoms with van der Waals surface area (Å²) in [6.07, 6.45) is 4.19. The number of rotatable bonds is 3. The van der Waals surface area contributed by atoms with Gasteiger partial charge in [-0.1, -0.05) is 13.3 Å². The molecular formula is C7H15N. The van der Waals surface area contributed by atoms with Gasteiger partial charge in [0.15, 0.2) is 0 Å². The fourth-order valence-corrected chi connectivity index (χ4v) is 1.29. The van der Waals surface area contributed by atoms with Gasteiger partial charge in [-0.3, -0.25) is 0 Å². The van der Waals surface area contributed by atoms with Crippen molar-refractivity contribution in [2.75, 3.05) is 7.05 Å². The van der Waals surface area contributed by atoms with Gasteiger partial charge in [0.1, 0.15) is 0 Å². The maximum absolute atomic E-state index is 3.27. The molecule has 48 valence electrons. The largest absolute Gasteiger partial charge is 0.317 e. The highest BCUT2D eigenvalue weighted by atomic mass is 14.9. The van der Waals surface area contributed by atoms with Gasteiger partial charge in [0.2, 0.25) is 0 Å². The molecular weight excluding hydrogens is 98.1 g/mol. The van der Waals surface area contributed by atoms with Gasteiger partial charge in [0, 0.05) is 6.04 Å². The van der Waals surface area contributed by atoms with Crippen LogP contribution in [0, 0.1) is 5.92 Å². The molecule has 0 aromatic heterocycles. The predicted molar refractivity (Wildman–Crippen MR) is 35.9 cm³/mol. The fourth-order valence-electron chi connectivity index (χ4n) is 1.29. The quantitative estimate of drug-likeness (QED) is 0.583. The van der Waals surface area contributed by atoms with Gasteiger partial charge >= 0.3 is 0 Å². The zero-order valence-electron chi connectivity index (χ0n) is 5.78. The molecule has 1 rings (SSSR count).